The van der Waals surface area contributed by atoms with E-state index in [0.29, 0.717) is 0 Å². The number of hydrogen-bond donors (Lipinski definition) is 33. The van der Waals surface area contributed by atoms with E-state index < -0.39 is 458 Å². The van der Waals surface area contributed by atoms with Crippen molar-refractivity contribution in [3.8, 4) is 0 Å². The van der Waals surface area contributed by atoms with E-state index in [4.69, 9.17) is 109 Å². The lowest BCUT2D eigenvalue weighted by Crippen LogP contribution is -2.70. The molecule has 21 unspecified atom stereocenters. The van der Waals surface area contributed by atoms with Crippen LogP contribution < -0.4 is 21.3 Å². The van der Waals surface area contributed by atoms with Crippen molar-refractivity contribution in [2.75, 3.05) is 72.7 Å². The Hall–Kier alpha value is -5.18. The van der Waals surface area contributed by atoms with Crippen LogP contribution in [0.15, 0.2) is 0 Å². The van der Waals surface area contributed by atoms with Gasteiger partial charge in [-0.2, -0.15) is 0 Å². The van der Waals surface area contributed by atoms with Gasteiger partial charge in [0, 0.05) is 46.0 Å². The highest BCUT2D eigenvalue weighted by Gasteiger charge is 2.63. The maximum Gasteiger partial charge on any atom is 0.332 e. The van der Waals surface area contributed by atoms with Crippen molar-refractivity contribution in [1.82, 2.24) is 21.3 Å². The molecule has 11 fully saturated rings. The monoisotopic (exact) mass is 2120 g/mol. The van der Waals surface area contributed by atoms with Crippen LogP contribution in [-0.2, 0) is 138 Å². The van der Waals surface area contributed by atoms with Crippen molar-refractivity contribution >= 4 is 36.6 Å². The third-order valence-electron chi connectivity index (χ3n) is 27.2. The van der Waals surface area contributed by atoms with E-state index in [1.165, 1.54) is 20.8 Å². The fourth-order valence-corrected chi connectivity index (χ4v) is 19.1. The Balaban J connectivity index is 0.879. The Morgan fingerprint density at radius 1 is 0.331 bits per heavy atom. The molecule has 0 spiro atoms. The highest BCUT2D eigenvalue weighted by atomic mass is 16.9. The molecule has 11 rings (SSSR count). The summed E-state index contributed by atoms with van der Waals surface area (Å²) >= 11 is 0. The Kier molecular flexibility index (Phi) is 43.6. The van der Waals surface area contributed by atoms with Crippen LogP contribution in [0.5, 0.6) is 0 Å². The molecule has 62 nitrogen and oxygen atoms in total. The van der Waals surface area contributed by atoms with Gasteiger partial charge in [0.25, 0.3) is 12.9 Å². The van der Waals surface area contributed by atoms with Crippen molar-refractivity contribution < 1.29 is 286 Å². The van der Waals surface area contributed by atoms with Gasteiger partial charge >= 0.3 is 11.9 Å². The zero-order valence-electron chi connectivity index (χ0n) is 79.0. The summed E-state index contributed by atoms with van der Waals surface area (Å²) in [7, 11) is 0. The number of aliphatic hydroxyl groups excluding tert-OH is 29. The molecular weight excluding hydrogens is 1980 g/mol. The second-order valence-corrected chi connectivity index (χ2v) is 37.3. The van der Waals surface area contributed by atoms with Gasteiger partial charge in [-0.1, -0.05) is 13.8 Å². The van der Waals surface area contributed by atoms with Crippen molar-refractivity contribution in [2.24, 2.45) is 11.8 Å². The van der Waals surface area contributed by atoms with E-state index in [9.17, 15) is 177 Å². The van der Waals surface area contributed by atoms with Gasteiger partial charge in [-0.05, 0) is 6.92 Å². The Morgan fingerprint density at radius 3 is 1.06 bits per heavy atom. The van der Waals surface area contributed by atoms with Crippen LogP contribution in [0.3, 0.4) is 0 Å². The van der Waals surface area contributed by atoms with Crippen molar-refractivity contribution in [3.05, 3.63) is 0 Å². The largest absolute Gasteiger partial charge is 0.410 e. The summed E-state index contributed by atoms with van der Waals surface area (Å²) in [5.74, 6) is -10.9. The van der Waals surface area contributed by atoms with Crippen LogP contribution in [0.25, 0.3) is 0 Å². The van der Waals surface area contributed by atoms with Crippen LogP contribution >= 0.6 is 0 Å². The van der Waals surface area contributed by atoms with Crippen LogP contribution in [-0.4, -0.2) is 588 Å². The third-order valence-corrected chi connectivity index (χ3v) is 27.2. The van der Waals surface area contributed by atoms with E-state index in [0.717, 1.165) is 27.7 Å². The lowest BCUT2D eigenvalue weighted by molar-refractivity contribution is -0.424. The van der Waals surface area contributed by atoms with Crippen molar-refractivity contribution in [1.29, 1.82) is 0 Å². The number of rotatable bonds is 43. The first kappa shape index (κ1) is 120. The first-order valence-corrected chi connectivity index (χ1v) is 46.8. The molecule has 0 aromatic heterocycles. The molecule has 0 aromatic carbocycles. The quantitative estimate of drug-likeness (QED) is 0.0199. The van der Waals surface area contributed by atoms with E-state index in [1.54, 1.807) is 0 Å². The fourth-order valence-electron chi connectivity index (χ4n) is 19.1. The summed E-state index contributed by atoms with van der Waals surface area (Å²) in [6.07, 6.45) is -101. The summed E-state index contributed by atoms with van der Waals surface area (Å²) in [5, 5.41) is 336. The van der Waals surface area contributed by atoms with Crippen LogP contribution in [0, 0.1) is 11.8 Å². The number of nitrogens with one attached hydrogen (secondary N) is 4. The highest BCUT2D eigenvalue weighted by molar-refractivity contribution is 5.74. The van der Waals surface area contributed by atoms with E-state index in [1.807, 2.05) is 0 Å². The second-order valence-electron chi connectivity index (χ2n) is 37.3. The average molecular weight is 2120 g/mol. The smallest absolute Gasteiger partial charge is 0.332 e. The predicted molar refractivity (Wildman–Crippen MR) is 451 cm³/mol. The van der Waals surface area contributed by atoms with Gasteiger partial charge in [0.1, 0.15) is 220 Å². The molecule has 56 atom stereocenters. The normalized spacial score (nSPS) is 47.2. The zero-order valence-corrected chi connectivity index (χ0v) is 79.0. The van der Waals surface area contributed by atoms with Crippen LogP contribution in [0.4, 0.5) is 0 Å². The van der Waals surface area contributed by atoms with E-state index in [-0.39, 0.29) is 12.9 Å². The Labute approximate surface area is 823 Å². The number of ether oxygens (including phenoxy) is 23. The molecule has 33 N–H and O–H groups in total. The molecule has 838 valence electrons. The molecule has 0 radical (unpaired) electrons. The van der Waals surface area contributed by atoms with Gasteiger partial charge < -0.3 is 278 Å². The van der Waals surface area contributed by atoms with Crippen LogP contribution in [0.1, 0.15) is 67.7 Å². The molecule has 0 aromatic rings. The average Bonchev–Trinajstić information content (AvgIpc) is 0.767. The predicted octanol–water partition coefficient (Wildman–Crippen LogP) is -21.3. The standard InChI is InChI=1S/C83H138N4O58/c1-24-32(102)9-82(126-22-96,144-66(24)49(106)34(104)11-88)124-20-44-53(110)59(116)63(120)77(136-44)139-69-41(17-94)133-75(47(57(69)114)86-29(6)100)142-72-61(118)51(108)38(14-91)131-80(72)123-19-43-55(112)71(65(122)79(135-43)129-36-8-31(84-27(4)98)74(130-37(36)13-90)138-68-40(16-93)128-26(3)46(56(68)113)85-28(5)99)141-81-73(62(119)52(109)39(15-92)132-81)143-76-48(87-30(7)101)58(115)70(42(18-95)134-76)140-78-64(121)60(117)54(111)45(137-78)21-125-83(127-23-97)10-33(103)25(2)67(145-83)50(107)35(105)12-89/h22-26,31-81,88-95,102-122H,8-21H2,1-7H3,(H,84,98)(H,85,99)(H,86,100)(H,87,101)/t24-,25-,26+,31?,32-,33-,34-,35-,36+,37?,38?,39?,40?,41+,42?,43?,44?,45?,46?,47?,48?,49-,50-,51-,52-,53+,54+,55-,56-,57?,58-,59+,60+,61+,62?,63?,64?,65?,66?,67?,68-,69-,70-,71+,72?,73?,74+,75+,76+,77+,78+,79-,80+,81-,82+,83+/m1/s1. The van der Waals surface area contributed by atoms with Gasteiger partial charge in [0.15, 0.2) is 50.3 Å². The first-order valence-electron chi connectivity index (χ1n) is 46.8. The molecule has 4 amide bonds. The fraction of sp³-hybridized carbons (Fsp3) is 0.928. The number of aliphatic hydroxyl groups is 29. The lowest BCUT2D eigenvalue weighted by Gasteiger charge is -2.51. The third kappa shape index (κ3) is 27.4. The zero-order chi connectivity index (χ0) is 107. The summed E-state index contributed by atoms with van der Waals surface area (Å²) < 4.78 is 137. The maximum absolute atomic E-state index is 13.3. The van der Waals surface area contributed by atoms with E-state index >= 15 is 0 Å². The number of carbonyl (C=O) groups excluding carboxylic acids is 6. The SMILES string of the molecule is CC(=O)NC1C[C@H](O[C@@H]2OC(CO[C@H]3OC(CO)[C@@H](O)[C@H](O)C3O[C@@H]3O[C@@H](CO)[C@@H](O[C@@H]4OC(CO[C@]5(OC=O)C[C@@H](O)[C@@H](C)C([C@H](O)[C@H](O)CO)O5)[C@H](O)[C@H](O)C4O)C(O)C3NC(C)=O)[C@@H](O)[C@H](O[C@H]3OC(CO)[C@@H](O)C(O)C3O[C@@H]3OC(CO)[C@@H](O[C@@H]4OC(CO[C@]5(OC=O)C[C@@H](O)[C@@H](C)C([C@H](O)[C@H](O)CO)O5)[C@H](O)[C@H](O)C4O)[C@H](O)C3NC(C)=O)C2O)C(CO)O[C@H]1O[C@@H]1C(CO)O[C@@H](C)C(NC(C)=O)[C@H]1O. The maximum atomic E-state index is 13.3. The van der Waals surface area contributed by atoms with Gasteiger partial charge in [-0.25, -0.2) is 0 Å². The Bertz CT molecular complexity index is 4030. The van der Waals surface area contributed by atoms with Gasteiger partial charge in [0.05, 0.1) is 134 Å². The summed E-state index contributed by atoms with van der Waals surface area (Å²) in [5.41, 5.74) is 0. The molecule has 11 saturated heterocycles. The van der Waals surface area contributed by atoms with Crippen LogP contribution in [0.2, 0.25) is 0 Å². The minimum atomic E-state index is -2.69. The molecule has 62 heteroatoms. The molecule has 145 heavy (non-hydrogen) atoms. The topological polar surface area (TPSA) is 950 Å². The lowest BCUT2D eigenvalue weighted by atomic mass is 9.87. The minimum Gasteiger partial charge on any atom is -0.410 e. The molecule has 0 aliphatic carbocycles. The van der Waals surface area contributed by atoms with Gasteiger partial charge in [-0.15, -0.1) is 0 Å². The molecule has 0 saturated carbocycles. The van der Waals surface area contributed by atoms with Crippen molar-refractivity contribution in [2.45, 2.75) is 398 Å². The second kappa shape index (κ2) is 52.6. The van der Waals surface area contributed by atoms with Gasteiger partial charge in [-0.3, -0.25) is 28.8 Å². The summed E-state index contributed by atoms with van der Waals surface area (Å²) in [6.45, 7) is -4.34. The molecule has 11 aliphatic rings. The number of hydrogen-bond acceptors (Lipinski definition) is 58. The summed E-state index contributed by atoms with van der Waals surface area (Å²) in [6, 6.07) is -6.78. The molecular formula is C83H138N4O58. The minimum absolute atomic E-state index is 0.196. The molecule has 11 aliphatic heterocycles. The molecule has 11 heterocycles. The number of amides is 4. The highest BCUT2D eigenvalue weighted by Crippen LogP contribution is 2.45. The van der Waals surface area contributed by atoms with E-state index in [2.05, 4.69) is 21.3 Å². The summed E-state index contributed by atoms with van der Waals surface area (Å²) in [4.78, 5) is 76.0. The Morgan fingerprint density at radius 2 is 0.662 bits per heavy atom. The number of carbonyl (C=O) groups is 6. The van der Waals surface area contributed by atoms with Gasteiger partial charge in [0.2, 0.25) is 23.6 Å². The first-order chi connectivity index (χ1) is 68.6. The van der Waals surface area contributed by atoms with Crippen molar-refractivity contribution in [3.63, 3.8) is 0 Å². The molecule has 0 bridgehead atoms.